The van der Waals surface area contributed by atoms with Crippen molar-refractivity contribution < 1.29 is 19.3 Å². The van der Waals surface area contributed by atoms with Crippen molar-refractivity contribution in [2.75, 3.05) is 25.7 Å². The van der Waals surface area contributed by atoms with Gasteiger partial charge < -0.3 is 0 Å². The molecule has 2 amide bonds. The topological polar surface area (TPSA) is 102 Å². The minimum Gasteiger partial charge on any atom is -0.277 e. The van der Waals surface area contributed by atoms with Gasteiger partial charge in [0.15, 0.2) is 5.16 Å². The van der Waals surface area contributed by atoms with E-state index in [1.165, 1.54) is 14.2 Å². The maximum atomic E-state index is 11.3. The Morgan fingerprint density at radius 2 is 1.46 bits per heavy atom. The standard InChI is InChI=1S/C18H30N4O4S2/c1-25-21-15(23)9-5-3-7-13-27-17-11-12-19-18(20-17)28-14-8-4-6-10-16(24)22-26-2/h11-12H,3-10,13-14H2,1-2H3,(H,21,23)(H,22,24). The number of aromatic nitrogens is 2. The third-order valence-corrected chi connectivity index (χ3v) is 5.58. The number of hydrogen-bond donors (Lipinski definition) is 2. The number of nitrogens with one attached hydrogen (secondary N) is 2. The maximum Gasteiger partial charge on any atom is 0.243 e. The molecule has 0 atom stereocenters. The number of thioether (sulfide) groups is 2. The normalized spacial score (nSPS) is 10.6. The van der Waals surface area contributed by atoms with E-state index < -0.39 is 0 Å². The van der Waals surface area contributed by atoms with E-state index in [1.54, 1.807) is 29.7 Å². The van der Waals surface area contributed by atoms with Gasteiger partial charge in [0.25, 0.3) is 0 Å². The van der Waals surface area contributed by atoms with Crippen LogP contribution in [0, 0.1) is 0 Å². The van der Waals surface area contributed by atoms with E-state index in [4.69, 9.17) is 0 Å². The first-order chi connectivity index (χ1) is 13.7. The second kappa shape index (κ2) is 16.6. The summed E-state index contributed by atoms with van der Waals surface area (Å²) >= 11 is 3.35. The fourth-order valence-electron chi connectivity index (χ4n) is 2.27. The number of amides is 2. The van der Waals surface area contributed by atoms with Crippen LogP contribution >= 0.6 is 23.5 Å². The summed E-state index contributed by atoms with van der Waals surface area (Å²) in [4.78, 5) is 40.5. The molecule has 1 aromatic rings. The maximum absolute atomic E-state index is 11.3. The van der Waals surface area contributed by atoms with Gasteiger partial charge in [0.1, 0.15) is 5.03 Å². The molecule has 0 saturated carbocycles. The van der Waals surface area contributed by atoms with Crippen LogP contribution in [0.4, 0.5) is 0 Å². The molecule has 1 rings (SSSR count). The SMILES string of the molecule is CONC(=O)CCCCCSc1ccnc(SCCCCCC(=O)NOC)n1. The fourth-order valence-corrected chi connectivity index (χ4v) is 4.03. The molecule has 8 nitrogen and oxygen atoms in total. The number of nitrogens with zero attached hydrogens (tertiary/aromatic N) is 2. The molecule has 158 valence electrons. The Labute approximate surface area is 175 Å². The Balaban J connectivity index is 2.10. The van der Waals surface area contributed by atoms with E-state index in [0.717, 1.165) is 60.2 Å². The van der Waals surface area contributed by atoms with Crippen molar-refractivity contribution in [1.29, 1.82) is 0 Å². The lowest BCUT2D eigenvalue weighted by Gasteiger charge is -2.05. The summed E-state index contributed by atoms with van der Waals surface area (Å²) in [5.41, 5.74) is 4.64. The zero-order valence-electron chi connectivity index (χ0n) is 16.6. The molecule has 2 N–H and O–H groups in total. The molecule has 0 aromatic carbocycles. The minimum atomic E-state index is -0.0820. The molecule has 0 spiro atoms. The van der Waals surface area contributed by atoms with Crippen LogP contribution in [0.1, 0.15) is 51.4 Å². The molecule has 0 radical (unpaired) electrons. The molecule has 0 aliphatic carbocycles. The lowest BCUT2D eigenvalue weighted by atomic mass is 10.2. The van der Waals surface area contributed by atoms with Gasteiger partial charge in [0.2, 0.25) is 11.8 Å². The molecule has 10 heteroatoms. The summed E-state index contributed by atoms with van der Waals surface area (Å²) < 4.78 is 0. The summed E-state index contributed by atoms with van der Waals surface area (Å²) in [5, 5.41) is 1.77. The smallest absolute Gasteiger partial charge is 0.243 e. The number of carbonyl (C=O) groups excluding carboxylic acids is 2. The highest BCUT2D eigenvalue weighted by molar-refractivity contribution is 7.99. The predicted molar refractivity (Wildman–Crippen MR) is 111 cm³/mol. The highest BCUT2D eigenvalue weighted by Crippen LogP contribution is 2.21. The van der Waals surface area contributed by atoms with Crippen LogP contribution in [0.25, 0.3) is 0 Å². The van der Waals surface area contributed by atoms with Crippen molar-refractivity contribution in [3.05, 3.63) is 12.3 Å². The second-order valence-electron chi connectivity index (χ2n) is 5.95. The molecular formula is C18H30N4O4S2. The Hall–Kier alpha value is -1.36. The fraction of sp³-hybridized carbons (Fsp3) is 0.667. The zero-order chi connectivity index (χ0) is 20.5. The summed E-state index contributed by atoms with van der Waals surface area (Å²) in [6.45, 7) is 0. The molecule has 1 heterocycles. The summed E-state index contributed by atoms with van der Waals surface area (Å²) in [7, 11) is 2.87. The number of carbonyl (C=O) groups is 2. The molecule has 0 bridgehead atoms. The Bertz CT molecular complexity index is 533. The summed E-state index contributed by atoms with van der Waals surface area (Å²) in [6, 6.07) is 1.93. The van der Waals surface area contributed by atoms with Gasteiger partial charge in [-0.25, -0.2) is 20.9 Å². The van der Waals surface area contributed by atoms with Crippen LogP contribution in [-0.4, -0.2) is 47.5 Å². The van der Waals surface area contributed by atoms with E-state index in [2.05, 4.69) is 30.6 Å². The average Bonchev–Trinajstić information content (AvgIpc) is 2.68. The van der Waals surface area contributed by atoms with Gasteiger partial charge in [0, 0.05) is 24.8 Å². The molecule has 0 saturated heterocycles. The monoisotopic (exact) mass is 430 g/mol. The van der Waals surface area contributed by atoms with Gasteiger partial charge in [0.05, 0.1) is 14.2 Å². The quantitative estimate of drug-likeness (QED) is 0.136. The predicted octanol–water partition coefficient (Wildman–Crippen LogP) is 3.14. The lowest BCUT2D eigenvalue weighted by molar-refractivity contribution is -0.132. The van der Waals surface area contributed by atoms with Gasteiger partial charge in [-0.1, -0.05) is 24.6 Å². The Morgan fingerprint density at radius 3 is 2.04 bits per heavy atom. The van der Waals surface area contributed by atoms with Crippen molar-refractivity contribution in [3.8, 4) is 0 Å². The van der Waals surface area contributed by atoms with Crippen molar-refractivity contribution in [1.82, 2.24) is 20.9 Å². The average molecular weight is 431 g/mol. The van der Waals surface area contributed by atoms with E-state index in [-0.39, 0.29) is 11.8 Å². The third-order valence-electron chi connectivity index (χ3n) is 3.62. The molecule has 0 aliphatic heterocycles. The van der Waals surface area contributed by atoms with E-state index in [1.807, 2.05) is 6.07 Å². The summed E-state index contributed by atoms with van der Waals surface area (Å²) in [5.74, 6) is 1.74. The van der Waals surface area contributed by atoms with Gasteiger partial charge in [-0.2, -0.15) is 0 Å². The van der Waals surface area contributed by atoms with E-state index in [0.29, 0.717) is 12.8 Å². The van der Waals surface area contributed by atoms with Crippen molar-refractivity contribution in [2.45, 2.75) is 61.5 Å². The summed E-state index contributed by atoms with van der Waals surface area (Å²) in [6.07, 6.45) is 8.51. The number of hydrogen-bond acceptors (Lipinski definition) is 8. The van der Waals surface area contributed by atoms with Crippen LogP contribution in [0.15, 0.2) is 22.4 Å². The van der Waals surface area contributed by atoms with Gasteiger partial charge in [-0.15, -0.1) is 11.8 Å². The molecule has 1 aromatic heterocycles. The lowest BCUT2D eigenvalue weighted by Crippen LogP contribution is -2.21. The number of rotatable bonds is 16. The van der Waals surface area contributed by atoms with Crippen molar-refractivity contribution in [3.63, 3.8) is 0 Å². The molecule has 0 unspecified atom stereocenters. The first kappa shape index (κ1) is 24.7. The molecule has 28 heavy (non-hydrogen) atoms. The zero-order valence-corrected chi connectivity index (χ0v) is 18.2. The minimum absolute atomic E-state index is 0.0779. The van der Waals surface area contributed by atoms with Crippen LogP contribution in [0.5, 0.6) is 0 Å². The highest BCUT2D eigenvalue weighted by Gasteiger charge is 2.04. The first-order valence-electron chi connectivity index (χ1n) is 9.38. The van der Waals surface area contributed by atoms with Crippen LogP contribution in [-0.2, 0) is 19.3 Å². The first-order valence-corrected chi connectivity index (χ1v) is 11.3. The molecule has 0 fully saturated rings. The number of unbranched alkanes of at least 4 members (excludes halogenated alkanes) is 4. The van der Waals surface area contributed by atoms with Crippen molar-refractivity contribution in [2.24, 2.45) is 0 Å². The van der Waals surface area contributed by atoms with E-state index in [9.17, 15) is 9.59 Å². The van der Waals surface area contributed by atoms with Crippen LogP contribution < -0.4 is 11.0 Å². The van der Waals surface area contributed by atoms with Gasteiger partial charge in [-0.05, 0) is 37.5 Å². The molecule has 0 aliphatic rings. The second-order valence-corrected chi connectivity index (χ2v) is 8.13. The number of hydroxylamine groups is 2. The van der Waals surface area contributed by atoms with Gasteiger partial charge in [-0.3, -0.25) is 19.3 Å². The Morgan fingerprint density at radius 1 is 0.893 bits per heavy atom. The highest BCUT2D eigenvalue weighted by atomic mass is 32.2. The molecular weight excluding hydrogens is 400 g/mol. The van der Waals surface area contributed by atoms with Crippen molar-refractivity contribution >= 4 is 35.3 Å². The van der Waals surface area contributed by atoms with Gasteiger partial charge >= 0.3 is 0 Å². The van der Waals surface area contributed by atoms with Crippen LogP contribution in [0.3, 0.4) is 0 Å². The third kappa shape index (κ3) is 12.9. The van der Waals surface area contributed by atoms with E-state index >= 15 is 0 Å². The van der Waals surface area contributed by atoms with Crippen LogP contribution in [0.2, 0.25) is 0 Å². The largest absolute Gasteiger partial charge is 0.277 e. The Kier molecular flexibility index (Phi) is 14.6.